The average molecular weight is 493 g/mol. The minimum atomic E-state index is -4.01. The summed E-state index contributed by atoms with van der Waals surface area (Å²) in [5.74, 6) is 0.400. The van der Waals surface area contributed by atoms with E-state index >= 15 is 0 Å². The van der Waals surface area contributed by atoms with Crippen LogP contribution < -0.4 is 18.9 Å². The van der Waals surface area contributed by atoms with Gasteiger partial charge in [0, 0.05) is 24.0 Å². The molecule has 3 rings (SSSR count). The van der Waals surface area contributed by atoms with Crippen molar-refractivity contribution in [2.75, 3.05) is 25.5 Å². The zero-order chi connectivity index (χ0) is 24.0. The van der Waals surface area contributed by atoms with Gasteiger partial charge in [0.25, 0.3) is 10.0 Å². The number of hydrogen-bond acceptors (Lipinski definition) is 8. The summed E-state index contributed by atoms with van der Waals surface area (Å²) in [7, 11) is -1.16. The molecule has 0 aliphatic carbocycles. The van der Waals surface area contributed by atoms with Gasteiger partial charge in [-0.1, -0.05) is 11.6 Å². The highest BCUT2D eigenvalue weighted by atomic mass is 35.5. The quantitative estimate of drug-likeness (QED) is 0.434. The highest BCUT2D eigenvalue weighted by molar-refractivity contribution is 7.92. The smallest absolute Gasteiger partial charge is 0.342 e. The summed E-state index contributed by atoms with van der Waals surface area (Å²) in [6.45, 7) is 1.78. The summed E-state index contributed by atoms with van der Waals surface area (Å²) >= 11 is 5.93. The lowest BCUT2D eigenvalue weighted by Gasteiger charge is -2.14. The number of aromatic nitrogens is 1. The van der Waals surface area contributed by atoms with E-state index in [1.165, 1.54) is 69.1 Å². The monoisotopic (exact) mass is 492 g/mol. The predicted octanol–water partition coefficient (Wildman–Crippen LogP) is 4.52. The Morgan fingerprint density at radius 1 is 1.00 bits per heavy atom. The molecule has 0 aliphatic rings. The van der Waals surface area contributed by atoms with Crippen LogP contribution in [0.2, 0.25) is 5.02 Å². The van der Waals surface area contributed by atoms with Crippen LogP contribution in [0.3, 0.4) is 0 Å². The number of benzene rings is 2. The number of anilines is 1. The molecule has 0 saturated heterocycles. The van der Waals surface area contributed by atoms with Gasteiger partial charge in [0.1, 0.15) is 17.1 Å². The number of ether oxygens (including phenoxy) is 4. The second kappa shape index (κ2) is 10.4. The van der Waals surface area contributed by atoms with Gasteiger partial charge in [-0.3, -0.25) is 9.71 Å². The standard InChI is InChI=1S/C22H21ClN2O7S/c1-4-31-22(26)18-10-15(5-7-19(18)32-16-9-14(23)12-24-13-16)25-33(27,28)17-6-8-20(29-2)21(11-17)30-3/h5-13,25H,4H2,1-3H3. The van der Waals surface area contributed by atoms with E-state index in [-0.39, 0.29) is 34.3 Å². The summed E-state index contributed by atoms with van der Waals surface area (Å²) in [4.78, 5) is 16.4. The van der Waals surface area contributed by atoms with E-state index in [0.717, 1.165) is 0 Å². The number of methoxy groups -OCH3 is 2. The Labute approximate surface area is 196 Å². The molecule has 1 N–H and O–H groups in total. The van der Waals surface area contributed by atoms with Crippen LogP contribution in [0.25, 0.3) is 0 Å². The zero-order valence-corrected chi connectivity index (χ0v) is 19.6. The van der Waals surface area contributed by atoms with Crippen LogP contribution in [0.1, 0.15) is 17.3 Å². The van der Waals surface area contributed by atoms with Crippen LogP contribution in [0.5, 0.6) is 23.0 Å². The number of carbonyl (C=O) groups is 1. The molecule has 9 nitrogen and oxygen atoms in total. The molecule has 0 bridgehead atoms. The van der Waals surface area contributed by atoms with Crippen molar-refractivity contribution in [2.45, 2.75) is 11.8 Å². The minimum absolute atomic E-state index is 0.0179. The zero-order valence-electron chi connectivity index (χ0n) is 18.0. The molecule has 1 heterocycles. The molecule has 3 aromatic rings. The largest absolute Gasteiger partial charge is 0.493 e. The second-order valence-corrected chi connectivity index (χ2v) is 8.61. The molecule has 0 fully saturated rings. The molecule has 2 aromatic carbocycles. The van der Waals surface area contributed by atoms with Gasteiger partial charge >= 0.3 is 5.97 Å². The molecular formula is C22H21ClN2O7S. The van der Waals surface area contributed by atoms with E-state index < -0.39 is 16.0 Å². The summed E-state index contributed by atoms with van der Waals surface area (Å²) in [5.41, 5.74) is 0.147. The Morgan fingerprint density at radius 3 is 2.39 bits per heavy atom. The number of carbonyl (C=O) groups excluding carboxylic acids is 1. The first-order valence-corrected chi connectivity index (χ1v) is 11.5. The first-order chi connectivity index (χ1) is 15.8. The number of nitrogens with one attached hydrogen (secondary N) is 1. The Bertz CT molecular complexity index is 1270. The highest BCUT2D eigenvalue weighted by Gasteiger charge is 2.21. The van der Waals surface area contributed by atoms with Gasteiger partial charge in [-0.05, 0) is 37.3 Å². The third-order valence-corrected chi connectivity index (χ3v) is 5.89. The number of hydrogen-bond donors (Lipinski definition) is 1. The van der Waals surface area contributed by atoms with Gasteiger partial charge in [0.2, 0.25) is 0 Å². The molecule has 0 saturated carbocycles. The topological polar surface area (TPSA) is 113 Å². The van der Waals surface area contributed by atoms with Crippen LogP contribution >= 0.6 is 11.6 Å². The SMILES string of the molecule is CCOC(=O)c1cc(NS(=O)(=O)c2ccc(OC)c(OC)c2)ccc1Oc1cncc(Cl)c1. The molecule has 0 spiro atoms. The third-order valence-electron chi connectivity index (χ3n) is 4.30. The Morgan fingerprint density at radius 2 is 1.73 bits per heavy atom. The predicted molar refractivity (Wildman–Crippen MR) is 122 cm³/mol. The molecular weight excluding hydrogens is 472 g/mol. The Balaban J connectivity index is 1.94. The lowest BCUT2D eigenvalue weighted by Crippen LogP contribution is -2.14. The van der Waals surface area contributed by atoms with Crippen molar-refractivity contribution in [1.29, 1.82) is 0 Å². The number of esters is 1. The van der Waals surface area contributed by atoms with Crippen LogP contribution in [0.15, 0.2) is 59.8 Å². The first-order valence-electron chi connectivity index (χ1n) is 9.61. The molecule has 0 atom stereocenters. The number of rotatable bonds is 9. The maximum absolute atomic E-state index is 12.9. The van der Waals surface area contributed by atoms with Crippen molar-refractivity contribution in [1.82, 2.24) is 4.98 Å². The molecule has 33 heavy (non-hydrogen) atoms. The summed E-state index contributed by atoms with van der Waals surface area (Å²) in [6, 6.07) is 9.93. The number of sulfonamides is 1. The van der Waals surface area contributed by atoms with Gasteiger partial charge in [-0.25, -0.2) is 13.2 Å². The van der Waals surface area contributed by atoms with Gasteiger partial charge in [-0.15, -0.1) is 0 Å². The van der Waals surface area contributed by atoms with Crippen LogP contribution in [0, 0.1) is 0 Å². The highest BCUT2D eigenvalue weighted by Crippen LogP contribution is 2.32. The number of halogens is 1. The fourth-order valence-corrected chi connectivity index (χ4v) is 4.05. The van der Waals surface area contributed by atoms with E-state index in [9.17, 15) is 13.2 Å². The first kappa shape index (κ1) is 24.1. The molecule has 1 aromatic heterocycles. The van der Waals surface area contributed by atoms with E-state index in [1.54, 1.807) is 6.92 Å². The Hall–Kier alpha value is -3.50. The summed E-state index contributed by atoms with van der Waals surface area (Å²) in [6.07, 6.45) is 2.86. The van der Waals surface area contributed by atoms with E-state index in [0.29, 0.717) is 16.5 Å². The maximum atomic E-state index is 12.9. The molecule has 174 valence electrons. The van der Waals surface area contributed by atoms with Gasteiger partial charge in [0.15, 0.2) is 11.5 Å². The van der Waals surface area contributed by atoms with Crippen LogP contribution in [-0.2, 0) is 14.8 Å². The van der Waals surface area contributed by atoms with Gasteiger partial charge in [0.05, 0.1) is 36.9 Å². The lowest BCUT2D eigenvalue weighted by atomic mass is 10.2. The van der Waals surface area contributed by atoms with Crippen molar-refractivity contribution < 1.29 is 32.2 Å². The average Bonchev–Trinajstić information content (AvgIpc) is 2.79. The Kier molecular flexibility index (Phi) is 7.62. The number of pyridine rings is 1. The van der Waals surface area contributed by atoms with E-state index in [2.05, 4.69) is 9.71 Å². The summed E-state index contributed by atoms with van der Waals surface area (Å²) in [5, 5.41) is 0.351. The van der Waals surface area contributed by atoms with Crippen molar-refractivity contribution in [3.05, 3.63) is 65.4 Å². The van der Waals surface area contributed by atoms with E-state index in [1.807, 2.05) is 0 Å². The van der Waals surface area contributed by atoms with Crippen molar-refractivity contribution in [2.24, 2.45) is 0 Å². The maximum Gasteiger partial charge on any atom is 0.342 e. The van der Waals surface area contributed by atoms with Crippen molar-refractivity contribution in [3.8, 4) is 23.0 Å². The van der Waals surface area contributed by atoms with E-state index in [4.69, 9.17) is 30.5 Å². The molecule has 0 radical (unpaired) electrons. The normalized spacial score (nSPS) is 10.9. The molecule has 0 amide bonds. The van der Waals surface area contributed by atoms with Gasteiger partial charge in [-0.2, -0.15) is 0 Å². The third kappa shape index (κ3) is 5.85. The fourth-order valence-electron chi connectivity index (χ4n) is 2.82. The molecule has 11 heteroatoms. The van der Waals surface area contributed by atoms with Crippen molar-refractivity contribution >= 4 is 33.3 Å². The molecule has 0 aliphatic heterocycles. The van der Waals surface area contributed by atoms with Gasteiger partial charge < -0.3 is 18.9 Å². The second-order valence-electron chi connectivity index (χ2n) is 6.49. The van der Waals surface area contributed by atoms with Crippen molar-refractivity contribution in [3.63, 3.8) is 0 Å². The van der Waals surface area contributed by atoms with Crippen LogP contribution in [-0.4, -0.2) is 40.2 Å². The number of nitrogens with zero attached hydrogens (tertiary/aromatic N) is 1. The minimum Gasteiger partial charge on any atom is -0.493 e. The van der Waals surface area contributed by atoms with Crippen LogP contribution in [0.4, 0.5) is 5.69 Å². The molecule has 0 unspecified atom stereocenters. The lowest BCUT2D eigenvalue weighted by molar-refractivity contribution is 0.0523. The summed E-state index contributed by atoms with van der Waals surface area (Å²) < 4.78 is 49.4. The fraction of sp³-hybridized carbons (Fsp3) is 0.182.